The minimum atomic E-state index is -3.92. The number of nitrogens with two attached hydrogens (primary N) is 1. The van der Waals surface area contributed by atoms with E-state index in [-0.39, 0.29) is 30.0 Å². The van der Waals surface area contributed by atoms with E-state index in [1.165, 1.54) is 22.5 Å². The zero-order valence-corrected chi connectivity index (χ0v) is 18.4. The molecule has 9 heteroatoms. The fourth-order valence-electron chi connectivity index (χ4n) is 3.85. The Hall–Kier alpha value is -3.27. The molecule has 0 radical (unpaired) electrons. The molecule has 0 saturated carbocycles. The number of carboxylic acids is 1. The van der Waals surface area contributed by atoms with Gasteiger partial charge in [0, 0.05) is 5.56 Å². The summed E-state index contributed by atoms with van der Waals surface area (Å²) in [6.07, 6.45) is -0.00498. The Balaban J connectivity index is 1.61. The summed E-state index contributed by atoms with van der Waals surface area (Å²) in [4.78, 5) is 11.1. The van der Waals surface area contributed by atoms with Gasteiger partial charge in [-0.25, -0.2) is 12.8 Å². The number of sulfonamides is 1. The molecule has 1 aliphatic rings. The summed E-state index contributed by atoms with van der Waals surface area (Å²) >= 11 is 0. The van der Waals surface area contributed by atoms with Crippen LogP contribution in [0.1, 0.15) is 11.1 Å². The third-order valence-corrected chi connectivity index (χ3v) is 7.38. The van der Waals surface area contributed by atoms with Crippen molar-refractivity contribution in [1.82, 2.24) is 4.31 Å². The molecule has 1 saturated heterocycles. The fraction of sp³-hybridized carbons (Fsp3) is 0.208. The highest BCUT2D eigenvalue weighted by Crippen LogP contribution is 2.41. The van der Waals surface area contributed by atoms with E-state index >= 15 is 0 Å². The first kappa shape index (κ1) is 22.9. The van der Waals surface area contributed by atoms with Crippen LogP contribution in [-0.4, -0.2) is 42.9 Å². The van der Waals surface area contributed by atoms with E-state index in [2.05, 4.69) is 0 Å². The quantitative estimate of drug-likeness (QED) is 0.524. The van der Waals surface area contributed by atoms with Crippen LogP contribution in [0.3, 0.4) is 0 Å². The lowest BCUT2D eigenvalue weighted by molar-refractivity contribution is -0.138. The van der Waals surface area contributed by atoms with Crippen molar-refractivity contribution in [2.45, 2.75) is 23.0 Å². The Kier molecular flexibility index (Phi) is 6.20. The van der Waals surface area contributed by atoms with Crippen molar-refractivity contribution in [1.29, 1.82) is 0 Å². The number of rotatable bonds is 8. The second kappa shape index (κ2) is 8.93. The maximum absolute atomic E-state index is 14.7. The molecule has 0 aromatic heterocycles. The third kappa shape index (κ3) is 4.61. The molecule has 1 fully saturated rings. The molecule has 3 N–H and O–H groups in total. The lowest BCUT2D eigenvalue weighted by Crippen LogP contribution is -2.64. The van der Waals surface area contributed by atoms with Gasteiger partial charge in [-0.3, -0.25) is 4.79 Å². The molecule has 1 aliphatic heterocycles. The van der Waals surface area contributed by atoms with Gasteiger partial charge in [0.15, 0.2) is 5.60 Å². The Morgan fingerprint density at radius 1 is 1.06 bits per heavy atom. The fourth-order valence-corrected chi connectivity index (χ4v) is 5.46. The van der Waals surface area contributed by atoms with E-state index < -0.39 is 33.5 Å². The molecular formula is C24H23FN2O5S. The lowest BCUT2D eigenvalue weighted by atomic mass is 9.87. The van der Waals surface area contributed by atoms with Gasteiger partial charge in [0.05, 0.1) is 18.0 Å². The van der Waals surface area contributed by atoms with Crippen molar-refractivity contribution in [2.24, 2.45) is 5.73 Å². The Morgan fingerprint density at radius 2 is 1.73 bits per heavy atom. The van der Waals surface area contributed by atoms with Crippen molar-refractivity contribution in [3.63, 3.8) is 0 Å². The van der Waals surface area contributed by atoms with Crippen LogP contribution in [0, 0.1) is 5.82 Å². The van der Waals surface area contributed by atoms with Gasteiger partial charge in [0.1, 0.15) is 17.6 Å². The predicted octanol–water partition coefficient (Wildman–Crippen LogP) is 2.76. The molecule has 7 nitrogen and oxygen atoms in total. The van der Waals surface area contributed by atoms with E-state index in [0.29, 0.717) is 11.3 Å². The highest BCUT2D eigenvalue weighted by molar-refractivity contribution is 7.89. The SMILES string of the molecule is N[C@@H](Cc1cccc(S(=O)(=O)N2CC(Oc3ccccc3)(c3ccccc3F)C2)c1)C(=O)O. The zero-order chi connectivity index (χ0) is 23.6. The largest absolute Gasteiger partial charge is 0.480 e. The van der Waals surface area contributed by atoms with E-state index in [9.17, 15) is 17.6 Å². The van der Waals surface area contributed by atoms with Crippen LogP contribution < -0.4 is 10.5 Å². The van der Waals surface area contributed by atoms with Crippen LogP contribution in [0.25, 0.3) is 0 Å². The van der Waals surface area contributed by atoms with Gasteiger partial charge in [-0.05, 0) is 42.3 Å². The van der Waals surface area contributed by atoms with Crippen LogP contribution in [0.4, 0.5) is 4.39 Å². The third-order valence-electron chi connectivity index (χ3n) is 5.59. The van der Waals surface area contributed by atoms with Crippen molar-refractivity contribution in [2.75, 3.05) is 13.1 Å². The second-order valence-corrected chi connectivity index (χ2v) is 9.90. The summed E-state index contributed by atoms with van der Waals surface area (Å²) in [7, 11) is -3.92. The molecule has 3 aromatic rings. The molecule has 0 unspecified atom stereocenters. The maximum atomic E-state index is 14.7. The highest BCUT2D eigenvalue weighted by atomic mass is 32.2. The molecule has 172 valence electrons. The maximum Gasteiger partial charge on any atom is 0.320 e. The van der Waals surface area contributed by atoms with Gasteiger partial charge >= 0.3 is 5.97 Å². The zero-order valence-electron chi connectivity index (χ0n) is 17.6. The molecular weight excluding hydrogens is 447 g/mol. The molecule has 1 heterocycles. The molecule has 0 amide bonds. The van der Waals surface area contributed by atoms with Gasteiger partial charge in [-0.15, -0.1) is 0 Å². The van der Waals surface area contributed by atoms with E-state index in [4.69, 9.17) is 15.6 Å². The van der Waals surface area contributed by atoms with Crippen molar-refractivity contribution < 1.29 is 27.4 Å². The number of hydrogen-bond acceptors (Lipinski definition) is 5. The Labute approximate surface area is 191 Å². The average molecular weight is 471 g/mol. The summed E-state index contributed by atoms with van der Waals surface area (Å²) in [6, 6.07) is 19.9. The summed E-state index contributed by atoms with van der Waals surface area (Å²) in [5, 5.41) is 9.02. The summed E-state index contributed by atoms with van der Waals surface area (Å²) in [6.45, 7) is -0.159. The van der Waals surface area contributed by atoms with Gasteiger partial charge < -0.3 is 15.6 Å². The van der Waals surface area contributed by atoms with E-state index in [1.54, 1.807) is 54.6 Å². The number of hydrogen-bond donors (Lipinski definition) is 2. The first-order valence-electron chi connectivity index (χ1n) is 10.3. The van der Waals surface area contributed by atoms with Crippen LogP contribution in [0.15, 0.2) is 83.8 Å². The first-order valence-corrected chi connectivity index (χ1v) is 11.7. The van der Waals surface area contributed by atoms with Crippen LogP contribution >= 0.6 is 0 Å². The predicted molar refractivity (Wildman–Crippen MR) is 120 cm³/mol. The number of halogens is 1. The number of nitrogens with zero attached hydrogens (tertiary/aromatic N) is 1. The van der Waals surface area contributed by atoms with Gasteiger partial charge in [0.25, 0.3) is 0 Å². The molecule has 33 heavy (non-hydrogen) atoms. The summed E-state index contributed by atoms with van der Waals surface area (Å²) in [5.41, 5.74) is 5.18. The van der Waals surface area contributed by atoms with Crippen molar-refractivity contribution in [3.05, 3.63) is 95.8 Å². The van der Waals surface area contributed by atoms with Gasteiger partial charge in [-0.1, -0.05) is 48.5 Å². The van der Waals surface area contributed by atoms with Crippen LogP contribution in [0.5, 0.6) is 5.75 Å². The summed E-state index contributed by atoms with van der Waals surface area (Å²) < 4.78 is 48.6. The molecule has 4 rings (SSSR count). The van der Waals surface area contributed by atoms with Gasteiger partial charge in [-0.2, -0.15) is 4.31 Å². The van der Waals surface area contributed by atoms with Crippen molar-refractivity contribution in [3.8, 4) is 5.75 Å². The second-order valence-electron chi connectivity index (χ2n) is 7.96. The standard InChI is InChI=1S/C24H23FN2O5S/c25-21-12-5-4-11-20(21)24(32-18-8-2-1-3-9-18)15-27(16-24)33(30,31)19-10-6-7-17(13-19)14-22(26)23(28)29/h1-13,22H,14-16,26H2,(H,28,29)/t22-/m0/s1. The van der Waals surface area contributed by atoms with E-state index in [1.807, 2.05) is 6.07 Å². The topological polar surface area (TPSA) is 110 Å². The van der Waals surface area contributed by atoms with Crippen LogP contribution in [0.2, 0.25) is 0 Å². The normalized spacial score (nSPS) is 16.5. The number of aliphatic carboxylic acids is 1. The van der Waals surface area contributed by atoms with Gasteiger partial charge in [0.2, 0.25) is 10.0 Å². The Morgan fingerprint density at radius 3 is 2.39 bits per heavy atom. The molecule has 0 spiro atoms. The number of carboxylic acid groups (broad SMARTS) is 1. The minimum absolute atomic E-state index is 0.00498. The lowest BCUT2D eigenvalue weighted by Gasteiger charge is -2.48. The molecule has 0 bridgehead atoms. The molecule has 3 aromatic carbocycles. The van der Waals surface area contributed by atoms with E-state index in [0.717, 1.165) is 0 Å². The number of carbonyl (C=O) groups is 1. The van der Waals surface area contributed by atoms with Crippen LogP contribution in [-0.2, 0) is 26.8 Å². The minimum Gasteiger partial charge on any atom is -0.480 e. The highest BCUT2D eigenvalue weighted by Gasteiger charge is 2.53. The molecule has 1 atom stereocenters. The van der Waals surface area contributed by atoms with Crippen molar-refractivity contribution >= 4 is 16.0 Å². The number of ether oxygens (including phenoxy) is 1. The Bertz CT molecular complexity index is 1260. The number of benzene rings is 3. The monoisotopic (exact) mass is 470 g/mol. The average Bonchev–Trinajstić information content (AvgIpc) is 2.77. The number of para-hydroxylation sites is 1. The smallest absolute Gasteiger partial charge is 0.320 e. The summed E-state index contributed by atoms with van der Waals surface area (Å²) in [5.74, 6) is -1.14. The molecule has 0 aliphatic carbocycles. The first-order chi connectivity index (χ1) is 15.7.